The van der Waals surface area contributed by atoms with Crippen LogP contribution in [-0.4, -0.2) is 30.0 Å². The summed E-state index contributed by atoms with van der Waals surface area (Å²) in [6.45, 7) is 0. The molecule has 0 radical (unpaired) electrons. The Kier molecular flexibility index (Phi) is 5.97. The largest absolute Gasteiger partial charge is 0.465 e. The van der Waals surface area contributed by atoms with Crippen LogP contribution in [0, 0.1) is 0 Å². The number of hydrogen-bond acceptors (Lipinski definition) is 5. The minimum Gasteiger partial charge on any atom is -0.465 e. The normalized spacial score (nSPS) is 12.3. The standard InChI is InChI=1S/C19H10Cl2F3NO3S/c1-28-18(27)13-8-25-16(17-12(13)2-3-29-17)15(26)7-14(19(22,23)24)9-4-10(20)6-11(21)5-9/h2-8H,1H3/b14-7-. The van der Waals surface area contributed by atoms with Crippen LogP contribution in [-0.2, 0) is 4.74 Å². The first-order valence-corrected chi connectivity index (χ1v) is 9.49. The number of fused-ring (bicyclic) bond motifs is 1. The van der Waals surface area contributed by atoms with Crippen molar-refractivity contribution < 1.29 is 27.5 Å². The zero-order valence-corrected chi connectivity index (χ0v) is 16.8. The summed E-state index contributed by atoms with van der Waals surface area (Å²) in [5.41, 5.74) is -1.66. The number of benzene rings is 1. The molecule has 150 valence electrons. The van der Waals surface area contributed by atoms with Gasteiger partial charge in [0.25, 0.3) is 0 Å². The monoisotopic (exact) mass is 459 g/mol. The lowest BCUT2D eigenvalue weighted by molar-refractivity contribution is -0.0689. The van der Waals surface area contributed by atoms with Gasteiger partial charge in [0.1, 0.15) is 5.69 Å². The predicted octanol–water partition coefficient (Wildman–Crippen LogP) is 6.22. The van der Waals surface area contributed by atoms with E-state index in [1.165, 1.54) is 13.2 Å². The molecular formula is C19H10Cl2F3NO3S. The average molecular weight is 460 g/mol. The van der Waals surface area contributed by atoms with Crippen LogP contribution in [0.5, 0.6) is 0 Å². The number of allylic oxidation sites excluding steroid dienone is 2. The van der Waals surface area contributed by atoms with Crippen molar-refractivity contribution in [3.05, 3.63) is 68.8 Å². The molecule has 0 aliphatic carbocycles. The van der Waals surface area contributed by atoms with E-state index in [1.807, 2.05) is 0 Å². The summed E-state index contributed by atoms with van der Waals surface area (Å²) in [5, 5.41) is 1.96. The summed E-state index contributed by atoms with van der Waals surface area (Å²) in [6.07, 6.45) is -3.29. The maximum Gasteiger partial charge on any atom is 0.417 e. The van der Waals surface area contributed by atoms with E-state index in [4.69, 9.17) is 23.2 Å². The molecule has 1 aromatic carbocycles. The molecule has 0 amide bonds. The maximum absolute atomic E-state index is 13.6. The molecule has 0 saturated carbocycles. The second-order valence-electron chi connectivity index (χ2n) is 5.75. The Morgan fingerprint density at radius 2 is 1.83 bits per heavy atom. The van der Waals surface area contributed by atoms with E-state index in [-0.39, 0.29) is 31.6 Å². The summed E-state index contributed by atoms with van der Waals surface area (Å²) in [7, 11) is 1.19. The van der Waals surface area contributed by atoms with Gasteiger partial charge in [-0.3, -0.25) is 9.78 Å². The molecule has 4 nitrogen and oxygen atoms in total. The van der Waals surface area contributed by atoms with Gasteiger partial charge in [0.15, 0.2) is 0 Å². The number of ketones is 1. The highest BCUT2D eigenvalue weighted by Gasteiger charge is 2.36. The molecule has 0 aliphatic heterocycles. The van der Waals surface area contributed by atoms with Gasteiger partial charge in [0.2, 0.25) is 5.78 Å². The molecule has 29 heavy (non-hydrogen) atoms. The number of aromatic nitrogens is 1. The summed E-state index contributed by atoms with van der Waals surface area (Å²) >= 11 is 12.7. The number of nitrogens with zero attached hydrogens (tertiary/aromatic N) is 1. The molecule has 0 bridgehead atoms. The highest BCUT2D eigenvalue weighted by molar-refractivity contribution is 7.17. The SMILES string of the molecule is COC(=O)c1cnc(C(=O)/C=C(/c2cc(Cl)cc(Cl)c2)C(F)(F)F)c2sccc12. The Balaban J connectivity index is 2.14. The van der Waals surface area contributed by atoms with Gasteiger partial charge in [-0.15, -0.1) is 11.3 Å². The molecule has 0 N–H and O–H groups in total. The summed E-state index contributed by atoms with van der Waals surface area (Å²) in [5.74, 6) is -1.64. The first-order valence-electron chi connectivity index (χ1n) is 7.86. The van der Waals surface area contributed by atoms with Crippen LogP contribution >= 0.6 is 34.5 Å². The number of carbonyl (C=O) groups is 2. The average Bonchev–Trinajstić information content (AvgIpc) is 3.12. The van der Waals surface area contributed by atoms with Gasteiger partial charge in [-0.2, -0.15) is 13.2 Å². The molecule has 2 aromatic heterocycles. The predicted molar refractivity (Wildman–Crippen MR) is 106 cm³/mol. The van der Waals surface area contributed by atoms with Crippen LogP contribution in [0.2, 0.25) is 10.0 Å². The Morgan fingerprint density at radius 1 is 1.17 bits per heavy atom. The second kappa shape index (κ2) is 8.14. The summed E-state index contributed by atoms with van der Waals surface area (Å²) in [6, 6.07) is 4.98. The number of alkyl halides is 3. The third-order valence-electron chi connectivity index (χ3n) is 3.89. The number of pyridine rings is 1. The van der Waals surface area contributed by atoms with Gasteiger partial charge < -0.3 is 4.74 Å². The number of carbonyl (C=O) groups excluding carboxylic acids is 2. The lowest BCUT2D eigenvalue weighted by Crippen LogP contribution is -2.13. The topological polar surface area (TPSA) is 56.3 Å². The Morgan fingerprint density at radius 3 is 2.41 bits per heavy atom. The Labute approximate surface area is 176 Å². The van der Waals surface area contributed by atoms with E-state index < -0.39 is 23.5 Å². The molecule has 2 heterocycles. The van der Waals surface area contributed by atoms with Crippen molar-refractivity contribution in [1.29, 1.82) is 0 Å². The van der Waals surface area contributed by atoms with Crippen LogP contribution in [0.25, 0.3) is 15.7 Å². The third-order valence-corrected chi connectivity index (χ3v) is 5.24. The molecule has 0 atom stereocenters. The number of rotatable bonds is 4. The maximum atomic E-state index is 13.6. The first-order chi connectivity index (χ1) is 13.6. The van der Waals surface area contributed by atoms with Crippen molar-refractivity contribution in [2.24, 2.45) is 0 Å². The van der Waals surface area contributed by atoms with Crippen LogP contribution < -0.4 is 0 Å². The molecule has 3 aromatic rings. The fourth-order valence-electron chi connectivity index (χ4n) is 2.65. The third kappa shape index (κ3) is 4.44. The Bertz CT molecular complexity index is 1140. The van der Waals surface area contributed by atoms with E-state index in [0.717, 1.165) is 29.7 Å². The lowest BCUT2D eigenvalue weighted by Gasteiger charge is -2.13. The number of ether oxygens (including phenoxy) is 1. The fourth-order valence-corrected chi connectivity index (χ4v) is 4.08. The second-order valence-corrected chi connectivity index (χ2v) is 7.54. The highest BCUT2D eigenvalue weighted by atomic mass is 35.5. The first kappa shape index (κ1) is 21.3. The summed E-state index contributed by atoms with van der Waals surface area (Å²) < 4.78 is 45.8. The minimum absolute atomic E-state index is 0.00342. The van der Waals surface area contributed by atoms with Crippen molar-refractivity contribution in [3.8, 4) is 0 Å². The van der Waals surface area contributed by atoms with E-state index in [9.17, 15) is 22.8 Å². The molecule has 0 saturated heterocycles. The van der Waals surface area contributed by atoms with E-state index in [1.54, 1.807) is 11.4 Å². The van der Waals surface area contributed by atoms with Crippen molar-refractivity contribution in [3.63, 3.8) is 0 Å². The van der Waals surface area contributed by atoms with E-state index >= 15 is 0 Å². The highest BCUT2D eigenvalue weighted by Crippen LogP contribution is 2.37. The minimum atomic E-state index is -4.84. The fraction of sp³-hybridized carbons (Fsp3) is 0.105. The molecular weight excluding hydrogens is 450 g/mol. The smallest absolute Gasteiger partial charge is 0.417 e. The molecule has 0 aliphatic rings. The van der Waals surface area contributed by atoms with Crippen LogP contribution in [0.15, 0.2) is 41.9 Å². The van der Waals surface area contributed by atoms with Crippen molar-refractivity contribution >= 4 is 62.0 Å². The number of esters is 1. The molecule has 0 spiro atoms. The van der Waals surface area contributed by atoms with Gasteiger partial charge in [0.05, 0.1) is 22.9 Å². The van der Waals surface area contributed by atoms with E-state index in [0.29, 0.717) is 11.5 Å². The Hall–Kier alpha value is -2.42. The van der Waals surface area contributed by atoms with Gasteiger partial charge >= 0.3 is 12.1 Å². The summed E-state index contributed by atoms with van der Waals surface area (Å²) in [4.78, 5) is 28.4. The zero-order valence-electron chi connectivity index (χ0n) is 14.5. The van der Waals surface area contributed by atoms with Crippen molar-refractivity contribution in [2.45, 2.75) is 6.18 Å². The van der Waals surface area contributed by atoms with Crippen LogP contribution in [0.4, 0.5) is 13.2 Å². The molecule has 0 fully saturated rings. The van der Waals surface area contributed by atoms with Gasteiger partial charge in [-0.1, -0.05) is 23.2 Å². The number of thiophene rings is 1. The van der Waals surface area contributed by atoms with Gasteiger partial charge in [0, 0.05) is 27.7 Å². The number of hydrogen-bond donors (Lipinski definition) is 0. The van der Waals surface area contributed by atoms with Gasteiger partial charge in [-0.25, -0.2) is 4.79 Å². The van der Waals surface area contributed by atoms with E-state index in [2.05, 4.69) is 9.72 Å². The zero-order chi connectivity index (χ0) is 21.3. The molecule has 0 unspecified atom stereocenters. The quantitative estimate of drug-likeness (QED) is 0.264. The lowest BCUT2D eigenvalue weighted by atomic mass is 10.0. The number of halogens is 5. The van der Waals surface area contributed by atoms with Crippen LogP contribution in [0.1, 0.15) is 26.4 Å². The van der Waals surface area contributed by atoms with Crippen LogP contribution in [0.3, 0.4) is 0 Å². The number of methoxy groups -OCH3 is 1. The van der Waals surface area contributed by atoms with Crippen molar-refractivity contribution in [1.82, 2.24) is 4.98 Å². The molecule has 3 rings (SSSR count). The molecule has 10 heteroatoms. The van der Waals surface area contributed by atoms with Gasteiger partial charge in [-0.05, 0) is 35.2 Å². The van der Waals surface area contributed by atoms with Crippen molar-refractivity contribution in [2.75, 3.05) is 7.11 Å².